The van der Waals surface area contributed by atoms with E-state index in [9.17, 15) is 19.1 Å². The van der Waals surface area contributed by atoms with E-state index in [-0.39, 0.29) is 11.3 Å². The Morgan fingerprint density at radius 1 is 1.18 bits per heavy atom. The van der Waals surface area contributed by atoms with E-state index in [2.05, 4.69) is 4.74 Å². The highest BCUT2D eigenvalue weighted by Gasteiger charge is 2.42. The highest BCUT2D eigenvalue weighted by atomic mass is 19.1. The van der Waals surface area contributed by atoms with E-state index in [0.717, 1.165) is 25.3 Å². The van der Waals surface area contributed by atoms with Gasteiger partial charge in [-0.1, -0.05) is 19.3 Å². The van der Waals surface area contributed by atoms with Gasteiger partial charge in [-0.25, -0.2) is 9.18 Å². The normalized spacial score (nSPS) is 16.9. The van der Waals surface area contributed by atoms with Crippen molar-refractivity contribution < 1.29 is 28.6 Å². The third-order valence-corrected chi connectivity index (χ3v) is 4.32. The van der Waals surface area contributed by atoms with Crippen LogP contribution in [0.2, 0.25) is 0 Å². The Kier molecular flexibility index (Phi) is 4.68. The molecule has 1 aliphatic rings. The van der Waals surface area contributed by atoms with Gasteiger partial charge in [-0.2, -0.15) is 0 Å². The summed E-state index contributed by atoms with van der Waals surface area (Å²) in [5, 5.41) is 9.68. The van der Waals surface area contributed by atoms with Crippen LogP contribution in [0.15, 0.2) is 12.1 Å². The molecule has 1 aromatic rings. The molecule has 0 amide bonds. The second kappa shape index (κ2) is 6.34. The first-order valence-corrected chi connectivity index (χ1v) is 7.16. The molecule has 0 unspecified atom stereocenters. The number of hydrogen-bond donors (Lipinski definition) is 1. The Morgan fingerprint density at radius 2 is 1.82 bits per heavy atom. The predicted molar refractivity (Wildman–Crippen MR) is 76.7 cm³/mol. The number of aliphatic carboxylic acids is 1. The standard InChI is InChI=1S/C16H19FO5/c1-21-13-11(14(18)22-2)8-10(9-12(13)17)16(15(19)20)6-4-3-5-7-16/h8-9H,3-7H2,1-2H3,(H,19,20). The molecule has 1 fully saturated rings. The Hall–Kier alpha value is -2.11. The number of benzene rings is 1. The summed E-state index contributed by atoms with van der Waals surface area (Å²) in [5.74, 6) is -2.74. The average molecular weight is 310 g/mol. The van der Waals surface area contributed by atoms with Gasteiger partial charge in [0.25, 0.3) is 0 Å². The van der Waals surface area contributed by atoms with Crippen LogP contribution in [0.3, 0.4) is 0 Å². The van der Waals surface area contributed by atoms with Crippen LogP contribution in [0.1, 0.15) is 48.0 Å². The van der Waals surface area contributed by atoms with Crippen LogP contribution >= 0.6 is 0 Å². The maximum absolute atomic E-state index is 14.3. The van der Waals surface area contributed by atoms with E-state index in [1.807, 2.05) is 0 Å². The van der Waals surface area contributed by atoms with E-state index in [4.69, 9.17) is 4.74 Å². The number of rotatable bonds is 4. The van der Waals surface area contributed by atoms with Crippen molar-refractivity contribution in [2.75, 3.05) is 14.2 Å². The summed E-state index contributed by atoms with van der Waals surface area (Å²) in [6.07, 6.45) is 3.32. The zero-order chi connectivity index (χ0) is 16.3. The second-order valence-corrected chi connectivity index (χ2v) is 5.48. The summed E-state index contributed by atoms with van der Waals surface area (Å²) < 4.78 is 23.8. The van der Waals surface area contributed by atoms with Crippen LogP contribution in [0, 0.1) is 5.82 Å². The average Bonchev–Trinajstić information content (AvgIpc) is 2.53. The van der Waals surface area contributed by atoms with Crippen LogP contribution in [0.5, 0.6) is 5.75 Å². The molecule has 6 heteroatoms. The molecule has 0 spiro atoms. The number of hydrogen-bond acceptors (Lipinski definition) is 4. The van der Waals surface area contributed by atoms with Crippen LogP contribution in [-0.4, -0.2) is 31.3 Å². The lowest BCUT2D eigenvalue weighted by atomic mass is 9.69. The SMILES string of the molecule is COC(=O)c1cc(C2(C(=O)O)CCCCC2)cc(F)c1OC. The van der Waals surface area contributed by atoms with E-state index in [0.29, 0.717) is 18.4 Å². The number of carboxylic acids is 1. The maximum atomic E-state index is 14.3. The Bertz CT molecular complexity index is 590. The summed E-state index contributed by atoms with van der Waals surface area (Å²) >= 11 is 0. The molecule has 2 rings (SSSR count). The monoisotopic (exact) mass is 310 g/mol. The lowest BCUT2D eigenvalue weighted by Gasteiger charge is -2.34. The fourth-order valence-corrected chi connectivity index (χ4v) is 3.12. The van der Waals surface area contributed by atoms with Crippen molar-refractivity contribution in [3.63, 3.8) is 0 Å². The molecular formula is C16H19FO5. The van der Waals surface area contributed by atoms with Gasteiger partial charge in [0, 0.05) is 0 Å². The molecular weight excluding hydrogens is 291 g/mol. The molecule has 120 valence electrons. The molecule has 1 aromatic carbocycles. The highest BCUT2D eigenvalue weighted by Crippen LogP contribution is 2.42. The molecule has 1 aliphatic carbocycles. The predicted octanol–water partition coefficient (Wildman–Crippen LogP) is 2.91. The minimum atomic E-state index is -1.16. The smallest absolute Gasteiger partial charge is 0.341 e. The zero-order valence-corrected chi connectivity index (χ0v) is 12.6. The molecule has 5 nitrogen and oxygen atoms in total. The first-order valence-electron chi connectivity index (χ1n) is 7.16. The first-order chi connectivity index (χ1) is 10.5. The molecule has 0 aromatic heterocycles. The van der Waals surface area contributed by atoms with Gasteiger partial charge in [0.1, 0.15) is 5.56 Å². The Morgan fingerprint density at radius 3 is 2.32 bits per heavy atom. The van der Waals surface area contributed by atoms with Gasteiger partial charge < -0.3 is 14.6 Å². The fraction of sp³-hybridized carbons (Fsp3) is 0.500. The first kappa shape index (κ1) is 16.3. The topological polar surface area (TPSA) is 72.8 Å². The van der Waals surface area contributed by atoms with Crippen molar-refractivity contribution in [2.45, 2.75) is 37.5 Å². The van der Waals surface area contributed by atoms with Crippen molar-refractivity contribution in [1.82, 2.24) is 0 Å². The van der Waals surface area contributed by atoms with Crippen LogP contribution in [0.4, 0.5) is 4.39 Å². The number of esters is 1. The van der Waals surface area contributed by atoms with E-state index < -0.39 is 23.2 Å². The van der Waals surface area contributed by atoms with Gasteiger partial charge in [0.05, 0.1) is 19.6 Å². The van der Waals surface area contributed by atoms with Crippen LogP contribution < -0.4 is 4.74 Å². The summed E-state index contributed by atoms with van der Waals surface area (Å²) in [4.78, 5) is 23.7. The lowest BCUT2D eigenvalue weighted by molar-refractivity contribution is -0.145. The molecule has 0 atom stereocenters. The molecule has 1 saturated carbocycles. The van der Waals surface area contributed by atoms with E-state index in [1.165, 1.54) is 20.3 Å². The lowest BCUT2D eigenvalue weighted by Crippen LogP contribution is -2.38. The third-order valence-electron chi connectivity index (χ3n) is 4.32. The number of carboxylic acid groups (broad SMARTS) is 1. The molecule has 0 radical (unpaired) electrons. The van der Waals surface area contributed by atoms with E-state index in [1.54, 1.807) is 0 Å². The Labute approximate surface area is 128 Å². The molecule has 0 aliphatic heterocycles. The minimum absolute atomic E-state index is 0.0915. The minimum Gasteiger partial charge on any atom is -0.493 e. The van der Waals surface area contributed by atoms with Crippen molar-refractivity contribution in [3.8, 4) is 5.75 Å². The molecule has 1 N–H and O–H groups in total. The largest absolute Gasteiger partial charge is 0.493 e. The summed E-state index contributed by atoms with van der Waals surface area (Å²) in [5.41, 5.74) is -0.960. The number of ether oxygens (including phenoxy) is 2. The number of carbonyl (C=O) groups is 2. The van der Waals surface area contributed by atoms with Crippen molar-refractivity contribution in [2.24, 2.45) is 0 Å². The van der Waals surface area contributed by atoms with Crippen molar-refractivity contribution >= 4 is 11.9 Å². The fourth-order valence-electron chi connectivity index (χ4n) is 3.12. The maximum Gasteiger partial charge on any atom is 0.341 e. The number of halogens is 1. The zero-order valence-electron chi connectivity index (χ0n) is 12.6. The van der Waals surface area contributed by atoms with Gasteiger partial charge in [-0.05, 0) is 30.5 Å². The van der Waals surface area contributed by atoms with Crippen LogP contribution in [-0.2, 0) is 14.9 Å². The molecule has 0 saturated heterocycles. The summed E-state index contributed by atoms with van der Waals surface area (Å²) in [6.45, 7) is 0. The highest BCUT2D eigenvalue weighted by molar-refractivity contribution is 5.93. The number of methoxy groups -OCH3 is 2. The molecule has 0 bridgehead atoms. The van der Waals surface area contributed by atoms with Gasteiger partial charge in [0.15, 0.2) is 11.6 Å². The van der Waals surface area contributed by atoms with Crippen molar-refractivity contribution in [1.29, 1.82) is 0 Å². The summed E-state index contributed by atoms with van der Waals surface area (Å²) in [7, 11) is 2.43. The quantitative estimate of drug-likeness (QED) is 0.866. The van der Waals surface area contributed by atoms with E-state index >= 15 is 0 Å². The molecule has 0 heterocycles. The molecule has 22 heavy (non-hydrogen) atoms. The van der Waals surface area contributed by atoms with Gasteiger partial charge in [-0.3, -0.25) is 4.79 Å². The van der Waals surface area contributed by atoms with Crippen LogP contribution in [0.25, 0.3) is 0 Å². The second-order valence-electron chi connectivity index (χ2n) is 5.48. The van der Waals surface area contributed by atoms with Gasteiger partial charge in [-0.15, -0.1) is 0 Å². The van der Waals surface area contributed by atoms with Gasteiger partial charge >= 0.3 is 11.9 Å². The van der Waals surface area contributed by atoms with Gasteiger partial charge in [0.2, 0.25) is 0 Å². The summed E-state index contributed by atoms with van der Waals surface area (Å²) in [6, 6.07) is 2.54. The van der Waals surface area contributed by atoms with Crippen molar-refractivity contribution in [3.05, 3.63) is 29.1 Å². The Balaban J connectivity index is 2.61. The number of carbonyl (C=O) groups excluding carboxylic acids is 1. The third kappa shape index (κ3) is 2.65.